The van der Waals surface area contributed by atoms with Gasteiger partial charge in [-0.2, -0.15) is 0 Å². The van der Waals surface area contributed by atoms with Crippen LogP contribution in [0.2, 0.25) is 0 Å². The fraction of sp³-hybridized carbons (Fsp3) is 0.316. The van der Waals surface area contributed by atoms with Gasteiger partial charge in [0.2, 0.25) is 5.43 Å². The van der Waals surface area contributed by atoms with E-state index in [1.54, 1.807) is 12.4 Å². The van der Waals surface area contributed by atoms with E-state index in [1.807, 2.05) is 18.2 Å². The monoisotopic (exact) mass is 355 g/mol. The van der Waals surface area contributed by atoms with Gasteiger partial charge in [0.25, 0.3) is 0 Å². The van der Waals surface area contributed by atoms with E-state index in [1.165, 1.54) is 32.1 Å². The van der Waals surface area contributed by atoms with Gasteiger partial charge in [0.1, 0.15) is 5.69 Å². The van der Waals surface area contributed by atoms with Crippen molar-refractivity contribution in [1.29, 1.82) is 0 Å². The molecule has 1 aromatic carbocycles. The van der Waals surface area contributed by atoms with Crippen molar-refractivity contribution in [2.75, 3.05) is 25.5 Å². The molecular weight excluding hydrogens is 333 g/mol. The third-order valence-corrected chi connectivity index (χ3v) is 4.25. The zero-order valence-corrected chi connectivity index (χ0v) is 14.7. The molecule has 4 rings (SSSR count). The zero-order valence-electron chi connectivity index (χ0n) is 14.7. The second-order valence-corrected chi connectivity index (χ2v) is 6.29. The summed E-state index contributed by atoms with van der Waals surface area (Å²) in [7, 11) is 2.17. The molecule has 2 aromatic heterocycles. The summed E-state index contributed by atoms with van der Waals surface area (Å²) >= 11 is 0. The van der Waals surface area contributed by atoms with Crippen LogP contribution >= 0.6 is 0 Å². The van der Waals surface area contributed by atoms with E-state index in [9.17, 15) is 9.18 Å². The molecule has 26 heavy (non-hydrogen) atoms. The average Bonchev–Trinajstić information content (AvgIpc) is 3.14. The number of aromatic amines is 1. The second kappa shape index (κ2) is 8.53. The van der Waals surface area contributed by atoms with Crippen molar-refractivity contribution in [3.8, 4) is 0 Å². The Morgan fingerprint density at radius 3 is 2.58 bits per heavy atom. The lowest BCUT2D eigenvalue weighted by Crippen LogP contribution is -2.14. The summed E-state index contributed by atoms with van der Waals surface area (Å²) < 4.78 is 13.1. The van der Waals surface area contributed by atoms with Crippen molar-refractivity contribution >= 4 is 16.7 Å². The number of pyridine rings is 1. The molecule has 0 spiro atoms. The van der Waals surface area contributed by atoms with Crippen LogP contribution in [-0.4, -0.2) is 40.0 Å². The summed E-state index contributed by atoms with van der Waals surface area (Å²) in [5.41, 5.74) is 2.06. The zero-order chi connectivity index (χ0) is 18.4. The Balaban J connectivity index is 0.000000278. The van der Waals surface area contributed by atoms with Gasteiger partial charge in [0, 0.05) is 31.3 Å². The van der Waals surface area contributed by atoms with E-state index < -0.39 is 11.2 Å². The molecule has 3 heterocycles. The lowest BCUT2D eigenvalue weighted by atomic mass is 10.2. The molecule has 0 atom stereocenters. The first-order chi connectivity index (χ1) is 12.6. The van der Waals surface area contributed by atoms with Gasteiger partial charge in [0.15, 0.2) is 5.82 Å². The second-order valence-electron chi connectivity index (χ2n) is 6.29. The normalized spacial score (nSPS) is 14.1. The molecule has 1 fully saturated rings. The maximum Gasteiger partial charge on any atom is 0.240 e. The molecule has 0 aliphatic carbocycles. The Labute approximate surface area is 151 Å². The molecule has 0 saturated carbocycles. The van der Waals surface area contributed by atoms with E-state index >= 15 is 0 Å². The standard InChI is InChI=1S/C14H11FN4O.C5H11N/c15-10-7-16-8-13(14(10)20)19-6-9-1-2-11-12(5-9)18-4-3-17-11;1-6-4-2-3-5-6/h1-5,7-8,19H,6H2,(H,16,20);2-5H2,1H3. The summed E-state index contributed by atoms with van der Waals surface area (Å²) in [6.07, 6.45) is 8.54. The van der Waals surface area contributed by atoms with Crippen LogP contribution in [0.15, 0.2) is 47.8 Å². The molecule has 1 saturated heterocycles. The fourth-order valence-corrected chi connectivity index (χ4v) is 2.78. The topological polar surface area (TPSA) is 73.9 Å². The number of likely N-dealkylation sites (tertiary alicyclic amines) is 1. The summed E-state index contributed by atoms with van der Waals surface area (Å²) in [6, 6.07) is 5.62. The van der Waals surface area contributed by atoms with Gasteiger partial charge in [-0.15, -0.1) is 0 Å². The number of benzene rings is 1. The quantitative estimate of drug-likeness (QED) is 0.756. The number of nitrogens with one attached hydrogen (secondary N) is 2. The van der Waals surface area contributed by atoms with Gasteiger partial charge in [0.05, 0.1) is 11.0 Å². The smallest absolute Gasteiger partial charge is 0.240 e. The van der Waals surface area contributed by atoms with Crippen molar-refractivity contribution in [2.45, 2.75) is 19.4 Å². The van der Waals surface area contributed by atoms with Gasteiger partial charge in [-0.05, 0) is 50.7 Å². The van der Waals surface area contributed by atoms with Crippen LogP contribution in [0.1, 0.15) is 18.4 Å². The van der Waals surface area contributed by atoms with Crippen LogP contribution in [0.3, 0.4) is 0 Å². The number of halogens is 1. The number of H-pyrrole nitrogens is 1. The summed E-state index contributed by atoms with van der Waals surface area (Å²) in [4.78, 5) is 24.8. The maximum atomic E-state index is 13.1. The third kappa shape index (κ3) is 4.64. The minimum atomic E-state index is -0.806. The number of rotatable bonds is 3. The predicted octanol–water partition coefficient (Wildman–Crippen LogP) is 2.78. The number of nitrogens with zero attached hydrogens (tertiary/aromatic N) is 3. The van der Waals surface area contributed by atoms with Crippen molar-refractivity contribution in [3.63, 3.8) is 0 Å². The van der Waals surface area contributed by atoms with Gasteiger partial charge in [-0.3, -0.25) is 14.8 Å². The summed E-state index contributed by atoms with van der Waals surface area (Å²) in [5, 5.41) is 2.90. The van der Waals surface area contributed by atoms with E-state index in [0.29, 0.717) is 6.54 Å². The number of fused-ring (bicyclic) bond motifs is 1. The molecule has 6 nitrogen and oxygen atoms in total. The molecule has 0 amide bonds. The van der Waals surface area contributed by atoms with Gasteiger partial charge < -0.3 is 15.2 Å². The number of hydrogen-bond donors (Lipinski definition) is 2. The highest BCUT2D eigenvalue weighted by Gasteiger charge is 2.05. The van der Waals surface area contributed by atoms with E-state index in [2.05, 4.69) is 32.2 Å². The lowest BCUT2D eigenvalue weighted by molar-refractivity contribution is 0.418. The third-order valence-electron chi connectivity index (χ3n) is 4.25. The molecule has 1 aliphatic rings. The largest absolute Gasteiger partial charge is 0.377 e. The van der Waals surface area contributed by atoms with Crippen LogP contribution < -0.4 is 10.7 Å². The SMILES string of the molecule is CN1CCCC1.O=c1c(F)c[nH]cc1NCc1ccc2nccnc2c1. The van der Waals surface area contributed by atoms with E-state index in [0.717, 1.165) is 22.8 Å². The predicted molar refractivity (Wildman–Crippen MR) is 101 cm³/mol. The molecule has 3 aromatic rings. The summed E-state index contributed by atoms with van der Waals surface area (Å²) in [6.45, 7) is 3.04. The minimum Gasteiger partial charge on any atom is -0.377 e. The molecule has 0 unspecified atom stereocenters. The molecule has 0 bridgehead atoms. The Morgan fingerprint density at radius 2 is 1.88 bits per heavy atom. The highest BCUT2D eigenvalue weighted by Crippen LogP contribution is 2.12. The Kier molecular flexibility index (Phi) is 5.91. The Hall–Kier alpha value is -2.80. The fourth-order valence-electron chi connectivity index (χ4n) is 2.78. The van der Waals surface area contributed by atoms with Crippen molar-refractivity contribution in [2.24, 2.45) is 0 Å². The molecular formula is C19H22FN5O. The Bertz CT molecular complexity index is 921. The first-order valence-electron chi connectivity index (χ1n) is 8.62. The first kappa shape index (κ1) is 18.0. The molecule has 2 N–H and O–H groups in total. The van der Waals surface area contributed by atoms with Crippen LogP contribution in [-0.2, 0) is 6.54 Å². The van der Waals surface area contributed by atoms with Crippen molar-refractivity contribution in [3.05, 3.63) is 64.6 Å². The van der Waals surface area contributed by atoms with E-state index in [4.69, 9.17) is 0 Å². The highest BCUT2D eigenvalue weighted by atomic mass is 19.1. The first-order valence-corrected chi connectivity index (χ1v) is 8.62. The number of aromatic nitrogens is 3. The highest BCUT2D eigenvalue weighted by molar-refractivity contribution is 5.74. The van der Waals surface area contributed by atoms with Crippen LogP contribution in [0, 0.1) is 5.82 Å². The van der Waals surface area contributed by atoms with E-state index in [-0.39, 0.29) is 5.69 Å². The molecule has 136 valence electrons. The van der Waals surface area contributed by atoms with Crippen molar-refractivity contribution < 1.29 is 4.39 Å². The van der Waals surface area contributed by atoms with Gasteiger partial charge in [-0.1, -0.05) is 6.07 Å². The van der Waals surface area contributed by atoms with Crippen LogP contribution in [0.5, 0.6) is 0 Å². The number of anilines is 1. The average molecular weight is 355 g/mol. The molecule has 0 radical (unpaired) electrons. The Morgan fingerprint density at radius 1 is 1.15 bits per heavy atom. The molecule has 7 heteroatoms. The lowest BCUT2D eigenvalue weighted by Gasteiger charge is -2.06. The number of hydrogen-bond acceptors (Lipinski definition) is 5. The van der Waals surface area contributed by atoms with Crippen molar-refractivity contribution in [1.82, 2.24) is 19.9 Å². The van der Waals surface area contributed by atoms with Crippen LogP contribution in [0.4, 0.5) is 10.1 Å². The van der Waals surface area contributed by atoms with Gasteiger partial charge >= 0.3 is 0 Å². The van der Waals surface area contributed by atoms with Crippen LogP contribution in [0.25, 0.3) is 11.0 Å². The van der Waals surface area contributed by atoms with Gasteiger partial charge in [-0.25, -0.2) is 4.39 Å². The summed E-state index contributed by atoms with van der Waals surface area (Å²) in [5.74, 6) is -0.806. The minimum absolute atomic E-state index is 0.198. The molecule has 1 aliphatic heterocycles. The maximum absolute atomic E-state index is 13.1.